The van der Waals surface area contributed by atoms with Gasteiger partial charge in [-0.25, -0.2) is 17.9 Å². The number of hydrogen-bond acceptors (Lipinski definition) is 6. The molecule has 1 aromatic rings. The molecule has 156 valence electrons. The molecule has 0 radical (unpaired) electrons. The van der Waals surface area contributed by atoms with Crippen molar-refractivity contribution < 1.29 is 27.5 Å². The highest BCUT2D eigenvalue weighted by Gasteiger charge is 2.23. The molecule has 9 nitrogen and oxygen atoms in total. The largest absolute Gasteiger partial charge is 0.467 e. The van der Waals surface area contributed by atoms with Crippen molar-refractivity contribution in [2.24, 2.45) is 5.92 Å². The first-order valence-electron chi connectivity index (χ1n) is 8.69. The lowest BCUT2D eigenvalue weighted by Crippen LogP contribution is -2.46. The van der Waals surface area contributed by atoms with E-state index in [-0.39, 0.29) is 16.7 Å². The van der Waals surface area contributed by atoms with Crippen LogP contribution < -0.4 is 14.9 Å². The standard InChI is InChI=1S/C18H27N3O6S/c1-12(2)10-16(18(24)27-5)20-17(23)11-19-28(25,26)15-8-6-14(7-9-15)21(4)13(3)22/h6-9,12,16,19H,10-11H2,1-5H3,(H,20,23)/t16-/m0/s1. The Morgan fingerprint density at radius 3 is 2.18 bits per heavy atom. The van der Waals surface area contributed by atoms with Gasteiger partial charge >= 0.3 is 5.97 Å². The Balaban J connectivity index is 2.75. The highest BCUT2D eigenvalue weighted by Crippen LogP contribution is 2.17. The van der Waals surface area contributed by atoms with Crippen LogP contribution in [0.2, 0.25) is 0 Å². The summed E-state index contributed by atoms with van der Waals surface area (Å²) in [5.74, 6) is -1.29. The van der Waals surface area contributed by atoms with Gasteiger partial charge in [0, 0.05) is 19.7 Å². The van der Waals surface area contributed by atoms with Crippen molar-refractivity contribution in [3.05, 3.63) is 24.3 Å². The zero-order chi connectivity index (χ0) is 21.5. The van der Waals surface area contributed by atoms with Crippen LogP contribution in [-0.2, 0) is 29.1 Å². The van der Waals surface area contributed by atoms with Gasteiger partial charge in [0.25, 0.3) is 0 Å². The average molecular weight is 413 g/mol. The van der Waals surface area contributed by atoms with Crippen LogP contribution in [0, 0.1) is 5.92 Å². The molecule has 0 aromatic heterocycles. The van der Waals surface area contributed by atoms with Crippen molar-refractivity contribution in [2.45, 2.75) is 38.1 Å². The summed E-state index contributed by atoms with van der Waals surface area (Å²) in [6.45, 7) is 4.64. The minimum absolute atomic E-state index is 0.0484. The minimum atomic E-state index is -3.93. The van der Waals surface area contributed by atoms with Crippen LogP contribution in [0.15, 0.2) is 29.2 Å². The molecule has 2 N–H and O–H groups in total. The minimum Gasteiger partial charge on any atom is -0.467 e. The van der Waals surface area contributed by atoms with Crippen LogP contribution >= 0.6 is 0 Å². The summed E-state index contributed by atoms with van der Waals surface area (Å²) in [6.07, 6.45) is 0.371. The van der Waals surface area contributed by atoms with E-state index in [0.29, 0.717) is 12.1 Å². The highest BCUT2D eigenvalue weighted by molar-refractivity contribution is 7.89. The molecule has 0 saturated carbocycles. The Kier molecular flexibility index (Phi) is 8.58. The summed E-state index contributed by atoms with van der Waals surface area (Å²) in [5.41, 5.74) is 0.541. The van der Waals surface area contributed by atoms with Gasteiger partial charge in [-0.15, -0.1) is 0 Å². The summed E-state index contributed by atoms with van der Waals surface area (Å²) < 4.78 is 31.5. The first kappa shape index (κ1) is 23.6. The van der Waals surface area contributed by atoms with Crippen LogP contribution in [0.25, 0.3) is 0 Å². The Hall–Kier alpha value is -2.46. The summed E-state index contributed by atoms with van der Waals surface area (Å²) in [4.78, 5) is 36.5. The van der Waals surface area contributed by atoms with Gasteiger partial charge in [-0.1, -0.05) is 13.8 Å². The zero-order valence-corrected chi connectivity index (χ0v) is 17.5. The quantitative estimate of drug-likeness (QED) is 0.573. The lowest BCUT2D eigenvalue weighted by atomic mass is 10.0. The molecule has 0 heterocycles. The number of sulfonamides is 1. The number of carbonyl (C=O) groups excluding carboxylic acids is 3. The van der Waals surface area contributed by atoms with E-state index >= 15 is 0 Å². The van der Waals surface area contributed by atoms with Gasteiger partial charge in [-0.3, -0.25) is 9.59 Å². The molecular formula is C18H27N3O6S. The Morgan fingerprint density at radius 1 is 1.14 bits per heavy atom. The molecule has 0 aliphatic heterocycles. The van der Waals surface area contributed by atoms with E-state index in [1.165, 1.54) is 43.2 Å². The molecule has 0 spiro atoms. The van der Waals surface area contributed by atoms with Crippen molar-refractivity contribution in [1.29, 1.82) is 0 Å². The number of rotatable bonds is 9. The van der Waals surface area contributed by atoms with E-state index < -0.39 is 34.5 Å². The van der Waals surface area contributed by atoms with Gasteiger partial charge < -0.3 is 15.0 Å². The lowest BCUT2D eigenvalue weighted by Gasteiger charge is -2.18. The first-order chi connectivity index (χ1) is 13.0. The molecule has 0 bridgehead atoms. The molecular weight excluding hydrogens is 386 g/mol. The fourth-order valence-corrected chi connectivity index (χ4v) is 3.33. The van der Waals surface area contributed by atoms with E-state index in [1.807, 2.05) is 13.8 Å². The smallest absolute Gasteiger partial charge is 0.328 e. The fourth-order valence-electron chi connectivity index (χ4n) is 2.35. The van der Waals surface area contributed by atoms with Crippen LogP contribution in [0.5, 0.6) is 0 Å². The normalized spacial score (nSPS) is 12.4. The molecule has 0 aliphatic rings. The topological polar surface area (TPSA) is 122 Å². The molecule has 10 heteroatoms. The van der Waals surface area contributed by atoms with Crippen LogP contribution in [0.1, 0.15) is 27.2 Å². The number of hydrogen-bond donors (Lipinski definition) is 2. The average Bonchev–Trinajstić information content (AvgIpc) is 2.64. The molecule has 0 aliphatic carbocycles. The number of esters is 1. The molecule has 1 atom stereocenters. The van der Waals surface area contributed by atoms with Gasteiger partial charge in [0.1, 0.15) is 6.04 Å². The monoisotopic (exact) mass is 413 g/mol. The molecule has 0 fully saturated rings. The number of amides is 2. The maximum atomic E-state index is 12.3. The number of carbonyl (C=O) groups is 3. The number of ether oxygens (including phenoxy) is 1. The molecule has 0 unspecified atom stereocenters. The maximum absolute atomic E-state index is 12.3. The summed E-state index contributed by atoms with van der Waals surface area (Å²) in [6, 6.07) is 4.82. The number of nitrogens with zero attached hydrogens (tertiary/aromatic N) is 1. The van der Waals surface area contributed by atoms with E-state index in [1.54, 1.807) is 7.05 Å². The van der Waals surface area contributed by atoms with Crippen molar-refractivity contribution in [1.82, 2.24) is 10.0 Å². The predicted molar refractivity (Wildman–Crippen MR) is 104 cm³/mol. The van der Waals surface area contributed by atoms with E-state index in [0.717, 1.165) is 0 Å². The summed E-state index contributed by atoms with van der Waals surface area (Å²) in [5, 5.41) is 2.48. The highest BCUT2D eigenvalue weighted by atomic mass is 32.2. The van der Waals surface area contributed by atoms with E-state index in [9.17, 15) is 22.8 Å². The van der Waals surface area contributed by atoms with Gasteiger partial charge in [0.15, 0.2) is 0 Å². The predicted octanol–water partition coefficient (Wildman–Crippen LogP) is 0.652. The second-order valence-corrected chi connectivity index (χ2v) is 8.44. The Labute approximate surface area is 165 Å². The third-order valence-electron chi connectivity index (χ3n) is 3.96. The maximum Gasteiger partial charge on any atom is 0.328 e. The van der Waals surface area contributed by atoms with Gasteiger partial charge in [0.2, 0.25) is 21.8 Å². The van der Waals surface area contributed by atoms with Gasteiger partial charge in [-0.2, -0.15) is 0 Å². The van der Waals surface area contributed by atoms with Crippen molar-refractivity contribution in [3.63, 3.8) is 0 Å². The number of nitrogens with one attached hydrogen (secondary N) is 2. The van der Waals surface area contributed by atoms with Crippen molar-refractivity contribution >= 4 is 33.5 Å². The summed E-state index contributed by atoms with van der Waals surface area (Å²) >= 11 is 0. The molecule has 1 rings (SSSR count). The number of methoxy groups -OCH3 is 1. The van der Waals surface area contributed by atoms with E-state index in [2.05, 4.69) is 14.8 Å². The summed E-state index contributed by atoms with van der Waals surface area (Å²) in [7, 11) is -1.14. The second-order valence-electron chi connectivity index (χ2n) is 6.67. The van der Waals surface area contributed by atoms with Crippen molar-refractivity contribution in [2.75, 3.05) is 25.6 Å². The fraction of sp³-hybridized carbons (Fsp3) is 0.500. The molecule has 0 saturated heterocycles. The number of benzene rings is 1. The number of anilines is 1. The Morgan fingerprint density at radius 2 is 1.71 bits per heavy atom. The third kappa shape index (κ3) is 6.93. The lowest BCUT2D eigenvalue weighted by molar-refractivity contribution is -0.145. The molecule has 2 amide bonds. The van der Waals surface area contributed by atoms with Crippen molar-refractivity contribution in [3.8, 4) is 0 Å². The first-order valence-corrected chi connectivity index (χ1v) is 10.2. The van der Waals surface area contributed by atoms with E-state index in [4.69, 9.17) is 0 Å². The van der Waals surface area contributed by atoms with Gasteiger partial charge in [0.05, 0.1) is 18.6 Å². The Bertz CT molecular complexity index is 805. The third-order valence-corrected chi connectivity index (χ3v) is 5.37. The second kappa shape index (κ2) is 10.2. The molecule has 1 aromatic carbocycles. The SMILES string of the molecule is COC(=O)[C@H](CC(C)C)NC(=O)CNS(=O)(=O)c1ccc(N(C)C(C)=O)cc1. The van der Waals surface area contributed by atoms with Crippen LogP contribution in [-0.4, -0.2) is 52.9 Å². The molecule has 28 heavy (non-hydrogen) atoms. The van der Waals surface area contributed by atoms with Crippen LogP contribution in [0.3, 0.4) is 0 Å². The van der Waals surface area contributed by atoms with Crippen LogP contribution in [0.4, 0.5) is 5.69 Å². The van der Waals surface area contributed by atoms with Gasteiger partial charge in [-0.05, 0) is 36.6 Å². The zero-order valence-electron chi connectivity index (χ0n) is 16.7.